The fourth-order valence-corrected chi connectivity index (χ4v) is 3.11. The molecule has 124 valence electrons. The lowest BCUT2D eigenvalue weighted by atomic mass is 10.1. The number of hydrogen-bond acceptors (Lipinski definition) is 5. The van der Waals surface area contributed by atoms with Crippen molar-refractivity contribution in [3.63, 3.8) is 0 Å². The van der Waals surface area contributed by atoms with Crippen molar-refractivity contribution >= 4 is 81.8 Å². The second kappa shape index (κ2) is 6.21. The number of alkyl halides is 6. The van der Waals surface area contributed by atoms with E-state index in [-0.39, 0.29) is 12.6 Å². The normalized spacial score (nSPS) is 20.7. The Bertz CT molecular complexity index is 682. The second-order valence-electron chi connectivity index (χ2n) is 4.54. The third-order valence-electron chi connectivity index (χ3n) is 3.08. The van der Waals surface area contributed by atoms with Crippen molar-refractivity contribution in [3.8, 4) is 11.5 Å². The van der Waals surface area contributed by atoms with Gasteiger partial charge in [-0.1, -0.05) is 75.7 Å². The van der Waals surface area contributed by atoms with E-state index in [1.807, 2.05) is 0 Å². The number of fused-ring (bicyclic) bond motifs is 1. The maximum absolute atomic E-state index is 6.04. The number of amidine groups is 1. The van der Waals surface area contributed by atoms with Gasteiger partial charge in [-0.05, 0) is 12.1 Å². The predicted octanol–water partition coefficient (Wildman–Crippen LogP) is 4.85. The van der Waals surface area contributed by atoms with E-state index in [4.69, 9.17) is 79.1 Å². The van der Waals surface area contributed by atoms with Crippen LogP contribution in [0.15, 0.2) is 28.2 Å². The van der Waals surface area contributed by atoms with Crippen LogP contribution in [0.3, 0.4) is 0 Å². The fourth-order valence-electron chi connectivity index (χ4n) is 2.17. The Labute approximate surface area is 161 Å². The van der Waals surface area contributed by atoms with Gasteiger partial charge in [-0.25, -0.2) is 9.98 Å². The van der Waals surface area contributed by atoms with E-state index in [1.165, 1.54) is 11.2 Å². The Hall–Kier alpha value is -0.300. The monoisotopic (exact) mass is 435 g/mol. The molecule has 1 unspecified atom stereocenters. The van der Waals surface area contributed by atoms with Crippen molar-refractivity contribution in [2.24, 2.45) is 9.98 Å². The van der Waals surface area contributed by atoms with Gasteiger partial charge in [0.25, 0.3) is 3.92 Å². The largest absolute Gasteiger partial charge is 0.454 e. The SMILES string of the molecule is ClC(Cl)(Cl)C1=NC=NC(c2ccc3c(c2)OCO3)N1C(Cl)(Cl)Cl. The Morgan fingerprint density at radius 3 is 2.39 bits per heavy atom. The molecule has 5 nitrogen and oxygen atoms in total. The number of hydrogen-bond donors (Lipinski definition) is 0. The number of halogens is 6. The van der Waals surface area contributed by atoms with Crippen molar-refractivity contribution in [2.75, 3.05) is 6.79 Å². The van der Waals surface area contributed by atoms with Gasteiger partial charge in [-0.15, -0.1) is 0 Å². The summed E-state index contributed by atoms with van der Waals surface area (Å²) >= 11 is 35.9. The summed E-state index contributed by atoms with van der Waals surface area (Å²) in [6.45, 7) is 0.141. The molecule has 0 aliphatic carbocycles. The van der Waals surface area contributed by atoms with Crippen molar-refractivity contribution in [3.05, 3.63) is 23.8 Å². The van der Waals surface area contributed by atoms with Gasteiger partial charge in [-0.2, -0.15) is 0 Å². The van der Waals surface area contributed by atoms with Crippen LogP contribution >= 0.6 is 69.6 Å². The highest BCUT2D eigenvalue weighted by molar-refractivity contribution is 6.77. The van der Waals surface area contributed by atoms with Crippen LogP contribution in [-0.4, -0.2) is 31.6 Å². The lowest BCUT2D eigenvalue weighted by molar-refractivity contribution is 0.174. The van der Waals surface area contributed by atoms with E-state index in [2.05, 4.69) is 9.98 Å². The molecule has 0 amide bonds. The second-order valence-corrected chi connectivity index (χ2v) is 9.04. The van der Waals surface area contributed by atoms with Gasteiger partial charge in [0.1, 0.15) is 6.34 Å². The van der Waals surface area contributed by atoms with E-state index < -0.39 is 13.9 Å². The summed E-state index contributed by atoms with van der Waals surface area (Å²) in [4.78, 5) is 9.36. The quantitative estimate of drug-likeness (QED) is 0.466. The van der Waals surface area contributed by atoms with Crippen LogP contribution in [0.4, 0.5) is 0 Å². The molecule has 1 aromatic carbocycles. The van der Waals surface area contributed by atoms with E-state index in [0.29, 0.717) is 17.1 Å². The average Bonchev–Trinajstić information content (AvgIpc) is 2.92. The summed E-state index contributed by atoms with van der Waals surface area (Å²) in [6.07, 6.45) is 0.486. The van der Waals surface area contributed by atoms with Gasteiger partial charge < -0.3 is 9.47 Å². The Morgan fingerprint density at radius 2 is 1.74 bits per heavy atom. The van der Waals surface area contributed by atoms with Crippen LogP contribution < -0.4 is 9.47 Å². The fraction of sp³-hybridized carbons (Fsp3) is 0.333. The molecule has 0 spiro atoms. The van der Waals surface area contributed by atoms with E-state index in [1.54, 1.807) is 18.2 Å². The van der Waals surface area contributed by atoms with Crippen LogP contribution in [0.1, 0.15) is 11.7 Å². The maximum Gasteiger partial charge on any atom is 0.271 e. The van der Waals surface area contributed by atoms with Gasteiger partial charge >= 0.3 is 0 Å². The first-order chi connectivity index (χ1) is 10.7. The van der Waals surface area contributed by atoms with Crippen molar-refractivity contribution in [1.29, 1.82) is 0 Å². The Morgan fingerprint density at radius 1 is 1.04 bits per heavy atom. The molecule has 0 saturated carbocycles. The summed E-state index contributed by atoms with van der Waals surface area (Å²) in [5.41, 5.74) is 0.651. The number of benzene rings is 1. The van der Waals surface area contributed by atoms with E-state index >= 15 is 0 Å². The first kappa shape index (κ1) is 17.5. The molecule has 1 atom stereocenters. The van der Waals surface area contributed by atoms with Crippen LogP contribution in [-0.2, 0) is 0 Å². The van der Waals surface area contributed by atoms with E-state index in [9.17, 15) is 0 Å². The number of rotatable bonds is 1. The highest BCUT2D eigenvalue weighted by Crippen LogP contribution is 2.46. The number of nitrogens with zero attached hydrogens (tertiary/aromatic N) is 3. The Kier molecular flexibility index (Phi) is 4.73. The first-order valence-corrected chi connectivity index (χ1v) is 8.37. The smallest absolute Gasteiger partial charge is 0.271 e. The zero-order chi connectivity index (χ0) is 16.8. The maximum atomic E-state index is 6.04. The highest BCUT2D eigenvalue weighted by Gasteiger charge is 2.47. The average molecular weight is 438 g/mol. The molecule has 0 saturated heterocycles. The minimum absolute atomic E-state index is 0.0554. The standard InChI is InChI=1S/C12H7Cl6N3O2/c13-11(14,15)10-20-4-19-9(21(10)12(16,17)18)6-1-2-7-8(3-6)23-5-22-7/h1-4,9H,5H2. The number of ether oxygens (including phenoxy) is 2. The molecule has 0 aromatic heterocycles. The van der Waals surface area contributed by atoms with Crippen LogP contribution in [0.5, 0.6) is 11.5 Å². The highest BCUT2D eigenvalue weighted by atomic mass is 35.6. The molecule has 0 N–H and O–H groups in total. The molecule has 2 aliphatic rings. The summed E-state index contributed by atoms with van der Waals surface area (Å²) in [6, 6.07) is 5.19. The summed E-state index contributed by atoms with van der Waals surface area (Å²) in [7, 11) is 0. The van der Waals surface area contributed by atoms with Crippen LogP contribution in [0.25, 0.3) is 0 Å². The van der Waals surface area contributed by atoms with E-state index in [0.717, 1.165) is 0 Å². The third kappa shape index (κ3) is 3.55. The Balaban J connectivity index is 2.04. The van der Waals surface area contributed by atoms with Gasteiger partial charge in [-0.3, -0.25) is 4.90 Å². The molecule has 11 heteroatoms. The molecular weight excluding hydrogens is 431 g/mol. The van der Waals surface area contributed by atoms with Crippen molar-refractivity contribution < 1.29 is 9.47 Å². The minimum atomic E-state index is -1.94. The molecule has 0 radical (unpaired) electrons. The molecule has 0 fully saturated rings. The zero-order valence-electron chi connectivity index (χ0n) is 11.0. The lowest BCUT2D eigenvalue weighted by Gasteiger charge is -2.40. The van der Waals surface area contributed by atoms with Gasteiger partial charge in [0.05, 0.1) is 0 Å². The predicted molar refractivity (Wildman–Crippen MR) is 93.7 cm³/mol. The van der Waals surface area contributed by atoms with Crippen molar-refractivity contribution in [2.45, 2.75) is 13.9 Å². The topological polar surface area (TPSA) is 46.4 Å². The molecule has 2 heterocycles. The molecule has 2 aliphatic heterocycles. The van der Waals surface area contributed by atoms with Crippen LogP contribution in [0.2, 0.25) is 0 Å². The summed E-state index contributed by atoms with van der Waals surface area (Å²) in [5, 5.41) is 0. The summed E-state index contributed by atoms with van der Waals surface area (Å²) in [5.74, 6) is 1.12. The molecular formula is C12H7Cl6N3O2. The number of aliphatic imine (C=N–C) groups is 2. The lowest BCUT2D eigenvalue weighted by Crippen LogP contribution is -2.49. The van der Waals surface area contributed by atoms with Gasteiger partial charge in [0.2, 0.25) is 10.6 Å². The van der Waals surface area contributed by atoms with Crippen LogP contribution in [0, 0.1) is 0 Å². The first-order valence-electron chi connectivity index (χ1n) is 6.10. The zero-order valence-corrected chi connectivity index (χ0v) is 15.6. The molecule has 3 rings (SSSR count). The third-order valence-corrected chi connectivity index (χ3v) is 4.14. The van der Waals surface area contributed by atoms with Gasteiger partial charge in [0, 0.05) is 5.56 Å². The van der Waals surface area contributed by atoms with Gasteiger partial charge in [0.15, 0.2) is 23.5 Å². The molecule has 0 bridgehead atoms. The minimum Gasteiger partial charge on any atom is -0.454 e. The molecule has 23 heavy (non-hydrogen) atoms. The summed E-state index contributed by atoms with van der Waals surface area (Å²) < 4.78 is 6.77. The van der Waals surface area contributed by atoms with Crippen molar-refractivity contribution in [1.82, 2.24) is 4.90 Å². The molecule has 1 aromatic rings.